The Morgan fingerprint density at radius 1 is 1.19 bits per heavy atom. The van der Waals surface area contributed by atoms with Crippen LogP contribution in [0.4, 0.5) is 24.7 Å². The molecule has 1 aliphatic heterocycles. The van der Waals surface area contributed by atoms with Gasteiger partial charge in [0.15, 0.2) is 11.6 Å². The molecule has 3 rings (SSSR count). The number of rotatable bonds is 1. The molecule has 0 unspecified atom stereocenters. The largest absolute Gasteiger partial charge is 0.451 e. The van der Waals surface area contributed by atoms with Crippen LogP contribution in [0.1, 0.15) is 11.6 Å². The third-order valence-electron chi connectivity index (χ3n) is 3.18. The Labute approximate surface area is 122 Å². The van der Waals surface area contributed by atoms with Crippen molar-refractivity contribution in [1.82, 2.24) is 19.7 Å². The lowest BCUT2D eigenvalue weighted by Crippen LogP contribution is -2.36. The van der Waals surface area contributed by atoms with Gasteiger partial charge in [0.25, 0.3) is 0 Å². The summed E-state index contributed by atoms with van der Waals surface area (Å²) in [6.07, 6.45) is -4.51. The van der Waals surface area contributed by atoms with E-state index in [0.717, 1.165) is 4.57 Å². The first kappa shape index (κ1) is 13.9. The van der Waals surface area contributed by atoms with Crippen LogP contribution < -0.4 is 10.6 Å². The van der Waals surface area contributed by atoms with E-state index in [1.165, 1.54) is 0 Å². The summed E-state index contributed by atoms with van der Waals surface area (Å²) in [5, 5.41) is 7.09. The predicted octanol–water partition coefficient (Wildman–Crippen LogP) is 1.95. The van der Waals surface area contributed by atoms with Gasteiger partial charge in [-0.2, -0.15) is 13.2 Å². The lowest BCUT2D eigenvalue weighted by Gasteiger charge is -2.29. The average Bonchev–Trinajstić information content (AvgIpc) is 2.84. The summed E-state index contributed by atoms with van der Waals surface area (Å²) in [7, 11) is 0. The molecular formula is C11H10ClF3N6. The van der Waals surface area contributed by atoms with Crippen molar-refractivity contribution in [2.45, 2.75) is 19.3 Å². The molecule has 2 N–H and O–H groups in total. The van der Waals surface area contributed by atoms with Gasteiger partial charge in [0, 0.05) is 13.1 Å². The van der Waals surface area contributed by atoms with Crippen molar-refractivity contribution in [3.05, 3.63) is 28.9 Å². The summed E-state index contributed by atoms with van der Waals surface area (Å²) in [4.78, 5) is 5.84. The zero-order valence-corrected chi connectivity index (χ0v) is 11.4. The van der Waals surface area contributed by atoms with Crippen LogP contribution in [0.2, 0.25) is 5.15 Å². The second kappa shape index (κ2) is 4.76. The third kappa shape index (κ3) is 2.48. The van der Waals surface area contributed by atoms with E-state index in [4.69, 9.17) is 17.3 Å². The van der Waals surface area contributed by atoms with E-state index in [2.05, 4.69) is 15.2 Å². The monoisotopic (exact) mass is 318 g/mol. The maximum absolute atomic E-state index is 12.8. The molecule has 0 aromatic carbocycles. The molecule has 2 aromatic heterocycles. The fourth-order valence-electron chi connectivity index (χ4n) is 2.24. The molecule has 10 heteroatoms. The number of hydrogen-bond acceptors (Lipinski definition) is 5. The van der Waals surface area contributed by atoms with E-state index in [1.54, 1.807) is 17.0 Å². The van der Waals surface area contributed by atoms with Gasteiger partial charge in [-0.3, -0.25) is 0 Å². The van der Waals surface area contributed by atoms with Crippen LogP contribution in [0.15, 0.2) is 12.1 Å². The summed E-state index contributed by atoms with van der Waals surface area (Å²) in [5.74, 6) is -0.329. The molecule has 2 aromatic rings. The first-order valence-electron chi connectivity index (χ1n) is 6.02. The van der Waals surface area contributed by atoms with Crippen LogP contribution >= 0.6 is 11.6 Å². The lowest BCUT2D eigenvalue weighted by molar-refractivity contribution is -0.147. The van der Waals surface area contributed by atoms with Crippen molar-refractivity contribution >= 4 is 23.1 Å². The Bertz CT molecular complexity index is 683. The van der Waals surface area contributed by atoms with Gasteiger partial charge in [0.05, 0.1) is 12.2 Å². The number of halogens is 4. The summed E-state index contributed by atoms with van der Waals surface area (Å²) < 4.78 is 39.3. The highest BCUT2D eigenvalue weighted by molar-refractivity contribution is 6.29. The van der Waals surface area contributed by atoms with Crippen LogP contribution in [0.3, 0.4) is 0 Å². The third-order valence-corrected chi connectivity index (χ3v) is 3.39. The lowest BCUT2D eigenvalue weighted by atomic mass is 10.3. The van der Waals surface area contributed by atoms with Crippen LogP contribution in [0.25, 0.3) is 0 Å². The summed E-state index contributed by atoms with van der Waals surface area (Å²) in [6, 6.07) is 3.15. The molecule has 0 atom stereocenters. The van der Waals surface area contributed by atoms with Gasteiger partial charge in [0.1, 0.15) is 5.15 Å². The highest BCUT2D eigenvalue weighted by Crippen LogP contribution is 2.31. The Morgan fingerprint density at radius 3 is 2.67 bits per heavy atom. The smallest absolute Gasteiger partial charge is 0.396 e. The van der Waals surface area contributed by atoms with Crippen LogP contribution in [-0.4, -0.2) is 26.3 Å². The Balaban J connectivity index is 1.92. The van der Waals surface area contributed by atoms with E-state index in [1.807, 2.05) is 0 Å². The molecule has 0 saturated carbocycles. The Kier molecular flexibility index (Phi) is 3.16. The van der Waals surface area contributed by atoms with Crippen molar-refractivity contribution in [3.8, 4) is 0 Å². The molecule has 6 nitrogen and oxygen atoms in total. The summed E-state index contributed by atoms with van der Waals surface area (Å²) in [5.41, 5.74) is 6.24. The number of hydrogen-bond donors (Lipinski definition) is 1. The number of fused-ring (bicyclic) bond motifs is 1. The molecule has 112 valence electrons. The first-order valence-corrected chi connectivity index (χ1v) is 6.40. The van der Waals surface area contributed by atoms with Crippen molar-refractivity contribution in [1.29, 1.82) is 0 Å². The molecule has 0 saturated heterocycles. The van der Waals surface area contributed by atoms with Crippen molar-refractivity contribution in [2.75, 3.05) is 17.2 Å². The molecular weight excluding hydrogens is 309 g/mol. The molecule has 0 spiro atoms. The molecule has 0 aliphatic carbocycles. The minimum atomic E-state index is -4.51. The van der Waals surface area contributed by atoms with Crippen molar-refractivity contribution < 1.29 is 13.2 Å². The van der Waals surface area contributed by atoms with Crippen molar-refractivity contribution in [3.63, 3.8) is 0 Å². The molecule has 0 fully saturated rings. The van der Waals surface area contributed by atoms with Gasteiger partial charge < -0.3 is 15.2 Å². The minimum absolute atomic E-state index is 0.102. The number of aromatic nitrogens is 4. The number of nitrogen functional groups attached to an aromatic ring is 1. The topological polar surface area (TPSA) is 72.9 Å². The number of alkyl halides is 3. The highest BCUT2D eigenvalue weighted by atomic mass is 35.5. The fraction of sp³-hybridized carbons (Fsp3) is 0.364. The highest BCUT2D eigenvalue weighted by Gasteiger charge is 2.39. The number of pyridine rings is 1. The number of anilines is 2. The summed E-state index contributed by atoms with van der Waals surface area (Å²) in [6.45, 7) is 0.553. The van der Waals surface area contributed by atoms with E-state index >= 15 is 0 Å². The molecule has 1 aliphatic rings. The normalized spacial score (nSPS) is 15.1. The SMILES string of the molecule is Nc1ccc(Cl)nc1N1CCn2c(nnc2C(F)(F)F)C1. The van der Waals surface area contributed by atoms with Gasteiger partial charge >= 0.3 is 6.18 Å². The van der Waals surface area contributed by atoms with Crippen LogP contribution in [0, 0.1) is 0 Å². The quantitative estimate of drug-likeness (QED) is 0.814. The molecule has 0 bridgehead atoms. The van der Waals surface area contributed by atoms with Gasteiger partial charge in [-0.15, -0.1) is 10.2 Å². The van der Waals surface area contributed by atoms with Gasteiger partial charge in [-0.1, -0.05) is 11.6 Å². The minimum Gasteiger partial charge on any atom is -0.396 e. The standard InChI is InChI=1S/C11H10ClF3N6/c12-7-2-1-6(16)9(17-7)20-3-4-21-8(5-20)18-19-10(21)11(13,14)15/h1-2H,3-5,16H2. The number of nitrogens with two attached hydrogens (primary N) is 1. The van der Waals surface area contributed by atoms with Gasteiger partial charge in [-0.05, 0) is 12.1 Å². The number of nitrogens with zero attached hydrogens (tertiary/aromatic N) is 5. The first-order chi connectivity index (χ1) is 9.86. The molecule has 3 heterocycles. The molecule has 21 heavy (non-hydrogen) atoms. The zero-order valence-electron chi connectivity index (χ0n) is 10.6. The average molecular weight is 319 g/mol. The maximum atomic E-state index is 12.8. The second-order valence-corrected chi connectivity index (χ2v) is 4.94. The van der Waals surface area contributed by atoms with E-state index in [9.17, 15) is 13.2 Å². The summed E-state index contributed by atoms with van der Waals surface area (Å²) >= 11 is 5.82. The Morgan fingerprint density at radius 2 is 1.95 bits per heavy atom. The van der Waals surface area contributed by atoms with Crippen molar-refractivity contribution in [2.24, 2.45) is 0 Å². The molecule has 0 radical (unpaired) electrons. The Hall–Kier alpha value is -2.03. The van der Waals surface area contributed by atoms with E-state index in [0.29, 0.717) is 18.1 Å². The predicted molar refractivity (Wildman–Crippen MR) is 69.7 cm³/mol. The van der Waals surface area contributed by atoms with Gasteiger partial charge in [-0.25, -0.2) is 4.98 Å². The molecule has 0 amide bonds. The zero-order chi connectivity index (χ0) is 15.2. The van der Waals surface area contributed by atoms with Crippen LogP contribution in [-0.2, 0) is 19.3 Å². The van der Waals surface area contributed by atoms with E-state index in [-0.39, 0.29) is 24.1 Å². The second-order valence-electron chi connectivity index (χ2n) is 4.56. The van der Waals surface area contributed by atoms with E-state index < -0.39 is 12.0 Å². The van der Waals surface area contributed by atoms with Crippen LogP contribution in [0.5, 0.6) is 0 Å². The maximum Gasteiger partial charge on any atom is 0.451 e. The fourth-order valence-corrected chi connectivity index (χ4v) is 2.38. The van der Waals surface area contributed by atoms with Gasteiger partial charge in [0.2, 0.25) is 5.82 Å².